The third-order valence-corrected chi connectivity index (χ3v) is 3.95. The van der Waals surface area contributed by atoms with Crippen LogP contribution >= 0.6 is 0 Å². The van der Waals surface area contributed by atoms with Crippen molar-refractivity contribution in [2.24, 2.45) is 0 Å². The Bertz CT molecular complexity index is 808. The van der Waals surface area contributed by atoms with Crippen LogP contribution in [0.1, 0.15) is 28.8 Å². The first kappa shape index (κ1) is 15.8. The summed E-state index contributed by atoms with van der Waals surface area (Å²) in [6.45, 7) is 0. The average Bonchev–Trinajstić information content (AvgIpc) is 2.67. The number of benzene rings is 3. The number of hydrogen-bond acceptors (Lipinski definition) is 3. The fourth-order valence-electron chi connectivity index (χ4n) is 2.67. The maximum atomic E-state index is 10.9. The predicted molar refractivity (Wildman–Crippen MR) is 95.4 cm³/mol. The van der Waals surface area contributed by atoms with Crippen molar-refractivity contribution in [3.05, 3.63) is 102 Å². The predicted octanol–water partition coefficient (Wildman–Crippen LogP) is 4.45. The van der Waals surface area contributed by atoms with Gasteiger partial charge < -0.3 is 10.4 Å². The maximum absolute atomic E-state index is 10.9. The Balaban J connectivity index is 1.91. The van der Waals surface area contributed by atoms with Crippen LogP contribution in [0.3, 0.4) is 0 Å². The Morgan fingerprint density at radius 3 is 1.83 bits per heavy atom. The molecule has 0 aliphatic rings. The molecule has 0 spiro atoms. The molecule has 3 heteroatoms. The van der Waals surface area contributed by atoms with Crippen molar-refractivity contribution >= 4 is 5.69 Å². The zero-order chi connectivity index (χ0) is 16.8. The van der Waals surface area contributed by atoms with Gasteiger partial charge in [-0.15, -0.1) is 0 Å². The third-order valence-electron chi connectivity index (χ3n) is 3.95. The minimum absolute atomic E-state index is 0.290. The highest BCUT2D eigenvalue weighted by atomic mass is 16.3. The van der Waals surface area contributed by atoms with Gasteiger partial charge in [-0.05, 0) is 35.4 Å². The number of nitrogens with zero attached hydrogens (tertiary/aromatic N) is 1. The Morgan fingerprint density at radius 2 is 1.29 bits per heavy atom. The van der Waals surface area contributed by atoms with Gasteiger partial charge in [-0.1, -0.05) is 60.7 Å². The van der Waals surface area contributed by atoms with E-state index in [2.05, 4.69) is 11.4 Å². The fourth-order valence-corrected chi connectivity index (χ4v) is 2.67. The topological polar surface area (TPSA) is 56.0 Å². The van der Waals surface area contributed by atoms with Gasteiger partial charge in [0.1, 0.15) is 6.10 Å². The maximum Gasteiger partial charge on any atom is 0.103 e. The summed E-state index contributed by atoms with van der Waals surface area (Å²) in [4.78, 5) is 0. The van der Waals surface area contributed by atoms with Crippen molar-refractivity contribution < 1.29 is 5.11 Å². The highest BCUT2D eigenvalue weighted by Crippen LogP contribution is 2.32. The van der Waals surface area contributed by atoms with Gasteiger partial charge in [-0.3, -0.25) is 0 Å². The number of anilines is 1. The molecule has 0 aliphatic heterocycles. The smallest absolute Gasteiger partial charge is 0.103 e. The van der Waals surface area contributed by atoms with E-state index in [0.717, 1.165) is 16.8 Å². The lowest BCUT2D eigenvalue weighted by Gasteiger charge is -2.26. The van der Waals surface area contributed by atoms with E-state index in [-0.39, 0.29) is 6.04 Å². The normalized spacial score (nSPS) is 12.8. The number of hydrogen-bond donors (Lipinski definition) is 2. The van der Waals surface area contributed by atoms with Crippen LogP contribution in [0.15, 0.2) is 84.9 Å². The zero-order valence-corrected chi connectivity index (χ0v) is 13.1. The summed E-state index contributed by atoms with van der Waals surface area (Å²) in [5.74, 6) is 0. The first-order valence-electron chi connectivity index (χ1n) is 7.82. The zero-order valence-electron chi connectivity index (χ0n) is 13.1. The number of aliphatic hydroxyl groups excluding tert-OH is 1. The molecule has 0 aromatic heterocycles. The van der Waals surface area contributed by atoms with E-state index in [9.17, 15) is 5.11 Å². The Hall–Kier alpha value is -3.09. The van der Waals surface area contributed by atoms with Gasteiger partial charge in [0.2, 0.25) is 0 Å². The molecule has 0 radical (unpaired) electrons. The van der Waals surface area contributed by atoms with Gasteiger partial charge in [0, 0.05) is 5.69 Å². The van der Waals surface area contributed by atoms with Gasteiger partial charge in [-0.2, -0.15) is 5.26 Å². The summed E-state index contributed by atoms with van der Waals surface area (Å²) in [6, 6.07) is 28.5. The second kappa shape index (κ2) is 7.45. The average molecular weight is 314 g/mol. The minimum Gasteiger partial charge on any atom is -0.386 e. The molecular formula is C21H18N2O. The number of nitrogens with one attached hydrogen (secondary N) is 1. The van der Waals surface area contributed by atoms with Crippen LogP contribution in [0.25, 0.3) is 0 Å². The molecule has 118 valence electrons. The summed E-state index contributed by atoms with van der Waals surface area (Å²) >= 11 is 0. The molecule has 0 heterocycles. The second-order valence-corrected chi connectivity index (χ2v) is 5.58. The summed E-state index contributed by atoms with van der Waals surface area (Å²) < 4.78 is 0. The third kappa shape index (κ3) is 3.62. The lowest BCUT2D eigenvalue weighted by atomic mass is 9.95. The molecule has 2 N–H and O–H groups in total. The molecule has 3 aromatic rings. The van der Waals surface area contributed by atoms with E-state index in [4.69, 9.17) is 5.26 Å². The number of aliphatic hydroxyl groups is 1. The van der Waals surface area contributed by atoms with E-state index in [1.54, 1.807) is 12.1 Å². The van der Waals surface area contributed by atoms with Crippen molar-refractivity contribution in [3.8, 4) is 6.07 Å². The standard InChI is InChI=1S/C21H18N2O/c22-15-16-11-13-19(14-12-16)23-20(17-7-3-1-4-8-17)21(24)18-9-5-2-6-10-18/h1-14,20-21,23-24H/t20-,21+/m0/s1. The molecule has 0 aliphatic carbocycles. The van der Waals surface area contributed by atoms with Crippen molar-refractivity contribution in [1.82, 2.24) is 0 Å². The molecule has 2 atom stereocenters. The summed E-state index contributed by atoms with van der Waals surface area (Å²) in [7, 11) is 0. The van der Waals surface area contributed by atoms with Gasteiger partial charge in [0.05, 0.1) is 17.7 Å². The Labute approximate surface area is 141 Å². The van der Waals surface area contributed by atoms with Crippen LogP contribution in [0, 0.1) is 11.3 Å². The molecule has 3 nitrogen and oxygen atoms in total. The van der Waals surface area contributed by atoms with Crippen LogP contribution < -0.4 is 5.32 Å². The number of rotatable bonds is 5. The molecule has 0 bridgehead atoms. The van der Waals surface area contributed by atoms with Crippen molar-refractivity contribution in [2.75, 3.05) is 5.32 Å². The molecule has 0 saturated carbocycles. The SMILES string of the molecule is N#Cc1ccc(N[C@@H](c2ccccc2)[C@H](O)c2ccccc2)cc1. The van der Waals surface area contributed by atoms with Crippen LogP contribution in [0.5, 0.6) is 0 Å². The van der Waals surface area contributed by atoms with Crippen molar-refractivity contribution in [3.63, 3.8) is 0 Å². The van der Waals surface area contributed by atoms with Crippen LogP contribution in [0.4, 0.5) is 5.69 Å². The second-order valence-electron chi connectivity index (χ2n) is 5.58. The monoisotopic (exact) mass is 314 g/mol. The van der Waals surface area contributed by atoms with Gasteiger partial charge in [-0.25, -0.2) is 0 Å². The first-order valence-corrected chi connectivity index (χ1v) is 7.82. The van der Waals surface area contributed by atoms with Gasteiger partial charge in [0.15, 0.2) is 0 Å². The lowest BCUT2D eigenvalue weighted by Crippen LogP contribution is -2.19. The van der Waals surface area contributed by atoms with Crippen molar-refractivity contribution in [2.45, 2.75) is 12.1 Å². The van der Waals surface area contributed by atoms with Crippen LogP contribution in [-0.2, 0) is 0 Å². The van der Waals surface area contributed by atoms with Crippen LogP contribution in [-0.4, -0.2) is 5.11 Å². The Morgan fingerprint density at radius 1 is 0.750 bits per heavy atom. The highest BCUT2D eigenvalue weighted by Gasteiger charge is 2.22. The van der Waals surface area contributed by atoms with E-state index >= 15 is 0 Å². The summed E-state index contributed by atoms with van der Waals surface area (Å²) in [5.41, 5.74) is 3.32. The van der Waals surface area contributed by atoms with E-state index in [0.29, 0.717) is 5.56 Å². The van der Waals surface area contributed by atoms with E-state index < -0.39 is 6.10 Å². The molecule has 0 unspecified atom stereocenters. The Kier molecular flexibility index (Phi) is 4.90. The molecule has 0 saturated heterocycles. The minimum atomic E-state index is -0.691. The molecule has 3 aromatic carbocycles. The molecule has 3 rings (SSSR count). The lowest BCUT2D eigenvalue weighted by molar-refractivity contribution is 0.155. The first-order chi connectivity index (χ1) is 11.8. The van der Waals surface area contributed by atoms with Crippen molar-refractivity contribution in [1.29, 1.82) is 5.26 Å². The number of nitriles is 1. The van der Waals surface area contributed by atoms with E-state index in [1.165, 1.54) is 0 Å². The van der Waals surface area contributed by atoms with Gasteiger partial charge >= 0.3 is 0 Å². The largest absolute Gasteiger partial charge is 0.386 e. The quantitative estimate of drug-likeness (QED) is 0.732. The summed E-state index contributed by atoms with van der Waals surface area (Å²) in [5, 5.41) is 23.2. The molecule has 0 fully saturated rings. The molecular weight excluding hydrogens is 296 g/mol. The molecule has 24 heavy (non-hydrogen) atoms. The van der Waals surface area contributed by atoms with E-state index in [1.807, 2.05) is 72.8 Å². The highest BCUT2D eigenvalue weighted by molar-refractivity contribution is 5.49. The molecule has 0 amide bonds. The fraction of sp³-hybridized carbons (Fsp3) is 0.0952. The summed E-state index contributed by atoms with van der Waals surface area (Å²) in [6.07, 6.45) is -0.691. The van der Waals surface area contributed by atoms with Crippen LogP contribution in [0.2, 0.25) is 0 Å². The van der Waals surface area contributed by atoms with Gasteiger partial charge in [0.25, 0.3) is 0 Å².